The molecule has 1 aromatic heterocycles. The van der Waals surface area contributed by atoms with Gasteiger partial charge >= 0.3 is 0 Å². The molecular formula is C13H10N2O. The normalized spacial score (nSPS) is 10.5. The SMILES string of the molecule is O=C/C=C/c1ccc(-c2ccncn2)cc1. The molecule has 0 bridgehead atoms. The van der Waals surface area contributed by atoms with Crippen molar-refractivity contribution < 1.29 is 4.79 Å². The van der Waals surface area contributed by atoms with E-state index in [2.05, 4.69) is 9.97 Å². The minimum atomic E-state index is 0.762. The van der Waals surface area contributed by atoms with Gasteiger partial charge in [-0.2, -0.15) is 0 Å². The van der Waals surface area contributed by atoms with Crippen LogP contribution < -0.4 is 0 Å². The van der Waals surface area contributed by atoms with Crippen molar-refractivity contribution in [1.82, 2.24) is 9.97 Å². The van der Waals surface area contributed by atoms with E-state index in [1.54, 1.807) is 12.3 Å². The molecule has 1 heterocycles. The minimum Gasteiger partial charge on any atom is -0.299 e. The van der Waals surface area contributed by atoms with Gasteiger partial charge in [-0.1, -0.05) is 30.3 Å². The van der Waals surface area contributed by atoms with Crippen LogP contribution in [0.2, 0.25) is 0 Å². The summed E-state index contributed by atoms with van der Waals surface area (Å²) in [6.45, 7) is 0. The first-order valence-corrected chi connectivity index (χ1v) is 4.88. The summed E-state index contributed by atoms with van der Waals surface area (Å²) in [7, 11) is 0. The van der Waals surface area contributed by atoms with Crippen LogP contribution in [0.15, 0.2) is 48.9 Å². The van der Waals surface area contributed by atoms with Crippen molar-refractivity contribution in [3.05, 3.63) is 54.5 Å². The van der Waals surface area contributed by atoms with Crippen LogP contribution in [0, 0.1) is 0 Å². The van der Waals surface area contributed by atoms with Gasteiger partial charge in [0.15, 0.2) is 0 Å². The molecule has 0 saturated carbocycles. The van der Waals surface area contributed by atoms with E-state index in [0.29, 0.717) is 0 Å². The second kappa shape index (κ2) is 4.98. The third-order valence-electron chi connectivity index (χ3n) is 2.16. The Bertz CT molecular complexity index is 489. The topological polar surface area (TPSA) is 42.9 Å². The Morgan fingerprint density at radius 1 is 1.06 bits per heavy atom. The van der Waals surface area contributed by atoms with Gasteiger partial charge in [0.2, 0.25) is 0 Å². The molecule has 0 radical (unpaired) electrons. The number of carbonyl (C=O) groups excluding carboxylic acids is 1. The molecule has 0 aliphatic carbocycles. The summed E-state index contributed by atoms with van der Waals surface area (Å²) in [5.74, 6) is 0. The van der Waals surface area contributed by atoms with Crippen molar-refractivity contribution in [2.75, 3.05) is 0 Å². The van der Waals surface area contributed by atoms with Gasteiger partial charge in [-0.15, -0.1) is 0 Å². The highest BCUT2D eigenvalue weighted by atomic mass is 16.1. The van der Waals surface area contributed by atoms with Gasteiger partial charge in [-0.25, -0.2) is 9.97 Å². The van der Waals surface area contributed by atoms with Crippen LogP contribution >= 0.6 is 0 Å². The zero-order chi connectivity index (χ0) is 11.2. The van der Waals surface area contributed by atoms with E-state index in [1.165, 1.54) is 12.4 Å². The molecule has 78 valence electrons. The van der Waals surface area contributed by atoms with Gasteiger partial charge in [0, 0.05) is 11.8 Å². The molecule has 3 heteroatoms. The van der Waals surface area contributed by atoms with Gasteiger partial charge in [0.05, 0.1) is 5.69 Å². The predicted molar refractivity (Wildman–Crippen MR) is 62.6 cm³/mol. The molecule has 2 rings (SSSR count). The summed E-state index contributed by atoms with van der Waals surface area (Å²) in [5, 5.41) is 0. The Balaban J connectivity index is 2.26. The second-order valence-electron chi connectivity index (χ2n) is 3.21. The summed E-state index contributed by atoms with van der Waals surface area (Å²) in [6, 6.07) is 9.67. The Hall–Kier alpha value is -2.29. The molecule has 3 nitrogen and oxygen atoms in total. The van der Waals surface area contributed by atoms with Crippen LogP contribution in [0.5, 0.6) is 0 Å². The standard InChI is InChI=1S/C13H10N2O/c16-9-1-2-11-3-5-12(6-4-11)13-7-8-14-10-15-13/h1-10H/b2-1+. The summed E-state index contributed by atoms with van der Waals surface area (Å²) in [6.07, 6.45) is 7.23. The van der Waals surface area contributed by atoms with Gasteiger partial charge in [-0.05, 0) is 17.7 Å². The molecule has 0 aliphatic rings. The fraction of sp³-hybridized carbons (Fsp3) is 0. The molecule has 0 fully saturated rings. The zero-order valence-corrected chi connectivity index (χ0v) is 8.58. The Labute approximate surface area is 93.5 Å². The maximum absolute atomic E-state index is 10.2. The number of carbonyl (C=O) groups is 1. The number of aldehydes is 1. The third kappa shape index (κ3) is 2.39. The first-order valence-electron chi connectivity index (χ1n) is 4.88. The first kappa shape index (κ1) is 10.2. The molecule has 0 aliphatic heterocycles. The lowest BCUT2D eigenvalue weighted by Crippen LogP contribution is -1.83. The first-order chi connectivity index (χ1) is 7.90. The van der Waals surface area contributed by atoms with Crippen molar-refractivity contribution >= 4 is 12.4 Å². The number of hydrogen-bond donors (Lipinski definition) is 0. The number of benzene rings is 1. The number of rotatable bonds is 3. The smallest absolute Gasteiger partial charge is 0.142 e. The molecular weight excluding hydrogens is 200 g/mol. The van der Waals surface area contributed by atoms with E-state index in [0.717, 1.165) is 23.1 Å². The summed E-state index contributed by atoms with van der Waals surface area (Å²) in [5.41, 5.74) is 2.91. The van der Waals surface area contributed by atoms with Crippen molar-refractivity contribution in [2.24, 2.45) is 0 Å². The van der Waals surface area contributed by atoms with Crippen LogP contribution in [0.4, 0.5) is 0 Å². The maximum atomic E-state index is 10.2. The minimum absolute atomic E-state index is 0.762. The highest BCUT2D eigenvalue weighted by Gasteiger charge is 1.96. The molecule has 1 aromatic carbocycles. The molecule has 16 heavy (non-hydrogen) atoms. The van der Waals surface area contributed by atoms with E-state index in [1.807, 2.05) is 30.3 Å². The number of hydrogen-bond acceptors (Lipinski definition) is 3. The van der Waals surface area contributed by atoms with Gasteiger partial charge in [-0.3, -0.25) is 4.79 Å². The molecule has 0 N–H and O–H groups in total. The van der Waals surface area contributed by atoms with E-state index < -0.39 is 0 Å². The van der Waals surface area contributed by atoms with Gasteiger partial charge in [0.1, 0.15) is 12.6 Å². The molecule has 0 spiro atoms. The van der Waals surface area contributed by atoms with Crippen molar-refractivity contribution in [1.29, 1.82) is 0 Å². The van der Waals surface area contributed by atoms with E-state index in [9.17, 15) is 4.79 Å². The molecule has 2 aromatic rings. The third-order valence-corrected chi connectivity index (χ3v) is 2.16. The lowest BCUT2D eigenvalue weighted by atomic mass is 10.1. The number of allylic oxidation sites excluding steroid dienone is 1. The second-order valence-corrected chi connectivity index (χ2v) is 3.21. The van der Waals surface area contributed by atoms with Crippen molar-refractivity contribution in [3.63, 3.8) is 0 Å². The predicted octanol–water partition coefficient (Wildman–Crippen LogP) is 2.36. The number of aromatic nitrogens is 2. The van der Waals surface area contributed by atoms with E-state index >= 15 is 0 Å². The van der Waals surface area contributed by atoms with Crippen LogP contribution in [-0.4, -0.2) is 16.3 Å². The molecule has 0 amide bonds. The molecule has 0 unspecified atom stereocenters. The van der Waals surface area contributed by atoms with Crippen molar-refractivity contribution in [3.8, 4) is 11.3 Å². The lowest BCUT2D eigenvalue weighted by molar-refractivity contribution is -0.104. The highest BCUT2D eigenvalue weighted by Crippen LogP contribution is 2.16. The fourth-order valence-corrected chi connectivity index (χ4v) is 1.38. The van der Waals surface area contributed by atoms with E-state index in [-0.39, 0.29) is 0 Å². The molecule has 0 atom stereocenters. The van der Waals surface area contributed by atoms with Crippen LogP contribution in [-0.2, 0) is 4.79 Å². The van der Waals surface area contributed by atoms with Crippen LogP contribution in [0.25, 0.3) is 17.3 Å². The fourth-order valence-electron chi connectivity index (χ4n) is 1.38. The Morgan fingerprint density at radius 2 is 1.88 bits per heavy atom. The Kier molecular flexibility index (Phi) is 3.18. The van der Waals surface area contributed by atoms with Crippen LogP contribution in [0.3, 0.4) is 0 Å². The van der Waals surface area contributed by atoms with E-state index in [4.69, 9.17) is 0 Å². The highest BCUT2D eigenvalue weighted by molar-refractivity contribution is 5.74. The average Bonchev–Trinajstić information content (AvgIpc) is 2.38. The maximum Gasteiger partial charge on any atom is 0.142 e. The van der Waals surface area contributed by atoms with Crippen molar-refractivity contribution in [2.45, 2.75) is 0 Å². The van der Waals surface area contributed by atoms with Gasteiger partial charge in [0.25, 0.3) is 0 Å². The monoisotopic (exact) mass is 210 g/mol. The number of nitrogens with zero attached hydrogens (tertiary/aromatic N) is 2. The lowest BCUT2D eigenvalue weighted by Gasteiger charge is -1.99. The largest absolute Gasteiger partial charge is 0.299 e. The quantitative estimate of drug-likeness (QED) is 0.577. The zero-order valence-electron chi connectivity index (χ0n) is 8.58. The van der Waals surface area contributed by atoms with Crippen LogP contribution in [0.1, 0.15) is 5.56 Å². The summed E-state index contributed by atoms with van der Waals surface area (Å²) < 4.78 is 0. The summed E-state index contributed by atoms with van der Waals surface area (Å²) in [4.78, 5) is 18.2. The van der Waals surface area contributed by atoms with Gasteiger partial charge < -0.3 is 0 Å². The average molecular weight is 210 g/mol. The molecule has 0 saturated heterocycles. The summed E-state index contributed by atoms with van der Waals surface area (Å²) >= 11 is 0. The Morgan fingerprint density at radius 3 is 2.50 bits per heavy atom.